The lowest BCUT2D eigenvalue weighted by Gasteiger charge is -2.49. The van der Waals surface area contributed by atoms with Gasteiger partial charge in [0.15, 0.2) is 0 Å². The first-order valence-electron chi connectivity index (χ1n) is 7.56. The van der Waals surface area contributed by atoms with Gasteiger partial charge in [-0.1, -0.05) is 27.2 Å². The number of piperidine rings is 1. The quantitative estimate of drug-likeness (QED) is 0.636. The Bertz CT molecular complexity index is 303. The minimum Gasteiger partial charge on any atom is -0.297 e. The predicted molar refractivity (Wildman–Crippen MR) is 73.4 cm³/mol. The number of halogens is 4. The van der Waals surface area contributed by atoms with Crippen LogP contribution in [0.2, 0.25) is 0 Å². The third kappa shape index (κ3) is 3.66. The van der Waals surface area contributed by atoms with E-state index in [4.69, 9.17) is 0 Å². The van der Waals surface area contributed by atoms with E-state index in [0.717, 1.165) is 6.92 Å². The Kier molecular flexibility index (Phi) is 5.50. The van der Waals surface area contributed by atoms with E-state index in [2.05, 4.69) is 0 Å². The van der Waals surface area contributed by atoms with E-state index in [-0.39, 0.29) is 18.9 Å². The van der Waals surface area contributed by atoms with E-state index in [1.807, 2.05) is 13.8 Å². The van der Waals surface area contributed by atoms with Gasteiger partial charge in [0.2, 0.25) is 0 Å². The van der Waals surface area contributed by atoms with E-state index >= 15 is 0 Å². The van der Waals surface area contributed by atoms with Crippen LogP contribution in [0.5, 0.6) is 0 Å². The Balaban J connectivity index is 2.75. The minimum atomic E-state index is -2.76. The molecule has 0 aromatic heterocycles. The molecule has 1 atom stereocenters. The third-order valence-corrected chi connectivity index (χ3v) is 5.15. The van der Waals surface area contributed by atoms with Gasteiger partial charge in [-0.25, -0.2) is 17.6 Å². The molecule has 1 nitrogen and oxygen atoms in total. The molecule has 1 fully saturated rings. The standard InChI is InChI=1S/C15H27F4N/c1-5-12(3)14(13(4,16)17)7-9-20(10-8-14)11-15(18,19)6-2/h12H,5-11H2,1-4H3. The first kappa shape index (κ1) is 17.7. The summed E-state index contributed by atoms with van der Waals surface area (Å²) < 4.78 is 54.9. The second kappa shape index (κ2) is 6.20. The molecule has 1 rings (SSSR count). The van der Waals surface area contributed by atoms with Crippen LogP contribution in [-0.4, -0.2) is 36.4 Å². The van der Waals surface area contributed by atoms with Crippen LogP contribution in [0.15, 0.2) is 0 Å². The third-order valence-electron chi connectivity index (χ3n) is 5.15. The average Bonchev–Trinajstić information content (AvgIpc) is 2.37. The highest BCUT2D eigenvalue weighted by molar-refractivity contribution is 4.97. The zero-order chi connectivity index (χ0) is 15.6. The minimum absolute atomic E-state index is 0.101. The van der Waals surface area contributed by atoms with Gasteiger partial charge in [0.1, 0.15) is 0 Å². The van der Waals surface area contributed by atoms with Gasteiger partial charge in [-0.2, -0.15) is 0 Å². The number of hydrogen-bond acceptors (Lipinski definition) is 1. The number of likely N-dealkylation sites (tertiary alicyclic amines) is 1. The molecular weight excluding hydrogens is 270 g/mol. The summed E-state index contributed by atoms with van der Waals surface area (Å²) in [5.41, 5.74) is -1.04. The number of alkyl halides is 4. The summed E-state index contributed by atoms with van der Waals surface area (Å²) in [4.78, 5) is 1.63. The maximum Gasteiger partial charge on any atom is 0.260 e. The zero-order valence-electron chi connectivity index (χ0n) is 13.0. The molecule has 0 aliphatic carbocycles. The number of rotatable bonds is 6. The Morgan fingerprint density at radius 1 is 1.10 bits per heavy atom. The molecule has 0 spiro atoms. The molecule has 20 heavy (non-hydrogen) atoms. The lowest BCUT2D eigenvalue weighted by atomic mass is 9.64. The van der Waals surface area contributed by atoms with Crippen LogP contribution in [0, 0.1) is 11.3 Å². The van der Waals surface area contributed by atoms with Gasteiger partial charge >= 0.3 is 0 Å². The van der Waals surface area contributed by atoms with Crippen molar-refractivity contribution >= 4 is 0 Å². The molecule has 0 saturated carbocycles. The summed E-state index contributed by atoms with van der Waals surface area (Å²) in [5.74, 6) is -5.58. The normalized spacial score (nSPS) is 22.8. The van der Waals surface area contributed by atoms with Crippen molar-refractivity contribution in [3.05, 3.63) is 0 Å². The average molecular weight is 297 g/mol. The molecule has 0 bridgehead atoms. The smallest absolute Gasteiger partial charge is 0.260 e. The van der Waals surface area contributed by atoms with Crippen LogP contribution >= 0.6 is 0 Å². The lowest BCUT2D eigenvalue weighted by molar-refractivity contribution is -0.164. The van der Waals surface area contributed by atoms with E-state index in [0.29, 0.717) is 32.4 Å². The van der Waals surface area contributed by atoms with Gasteiger partial charge in [-0.3, -0.25) is 4.90 Å². The fourth-order valence-electron chi connectivity index (χ4n) is 3.30. The summed E-state index contributed by atoms with van der Waals surface area (Å²) in [5, 5.41) is 0. The van der Waals surface area contributed by atoms with E-state index in [1.54, 1.807) is 4.90 Å². The Hall–Kier alpha value is -0.320. The highest BCUT2D eigenvalue weighted by atomic mass is 19.3. The summed E-state index contributed by atoms with van der Waals surface area (Å²) in [6.45, 7) is 6.56. The van der Waals surface area contributed by atoms with E-state index in [9.17, 15) is 17.6 Å². The first-order valence-corrected chi connectivity index (χ1v) is 7.56. The van der Waals surface area contributed by atoms with Crippen molar-refractivity contribution in [1.29, 1.82) is 0 Å². The van der Waals surface area contributed by atoms with E-state index in [1.165, 1.54) is 6.92 Å². The molecule has 0 radical (unpaired) electrons. The molecular formula is C15H27F4N. The summed E-state index contributed by atoms with van der Waals surface area (Å²) in [7, 11) is 0. The van der Waals surface area contributed by atoms with Gasteiger partial charge in [0.25, 0.3) is 11.8 Å². The second-order valence-corrected chi connectivity index (χ2v) is 6.34. The zero-order valence-corrected chi connectivity index (χ0v) is 13.0. The van der Waals surface area contributed by atoms with Gasteiger partial charge < -0.3 is 0 Å². The van der Waals surface area contributed by atoms with Crippen molar-refractivity contribution in [2.24, 2.45) is 11.3 Å². The fraction of sp³-hybridized carbons (Fsp3) is 1.00. The van der Waals surface area contributed by atoms with Crippen molar-refractivity contribution < 1.29 is 17.6 Å². The molecule has 1 saturated heterocycles. The van der Waals surface area contributed by atoms with Gasteiger partial charge in [0.05, 0.1) is 6.54 Å². The largest absolute Gasteiger partial charge is 0.297 e. The second-order valence-electron chi connectivity index (χ2n) is 6.34. The van der Waals surface area contributed by atoms with Crippen LogP contribution in [0.4, 0.5) is 17.6 Å². The molecule has 0 aromatic rings. The van der Waals surface area contributed by atoms with Crippen LogP contribution in [0.25, 0.3) is 0 Å². The summed E-state index contributed by atoms with van der Waals surface area (Å²) in [6.07, 6.45) is 1.08. The van der Waals surface area contributed by atoms with Crippen LogP contribution in [0.1, 0.15) is 53.4 Å². The van der Waals surface area contributed by atoms with Crippen LogP contribution in [-0.2, 0) is 0 Å². The monoisotopic (exact) mass is 297 g/mol. The van der Waals surface area contributed by atoms with Crippen molar-refractivity contribution in [3.63, 3.8) is 0 Å². The molecule has 0 amide bonds. The van der Waals surface area contributed by atoms with Crippen molar-refractivity contribution in [2.75, 3.05) is 19.6 Å². The van der Waals surface area contributed by atoms with Gasteiger partial charge in [-0.05, 0) is 38.8 Å². The first-order chi connectivity index (χ1) is 9.08. The molecule has 0 aromatic carbocycles. The Labute approximate surface area is 119 Å². The number of hydrogen-bond donors (Lipinski definition) is 0. The maximum absolute atomic E-state index is 14.1. The topological polar surface area (TPSA) is 3.24 Å². The molecule has 0 N–H and O–H groups in total. The van der Waals surface area contributed by atoms with Crippen molar-refractivity contribution in [1.82, 2.24) is 4.90 Å². The number of nitrogens with zero attached hydrogens (tertiary/aromatic N) is 1. The van der Waals surface area contributed by atoms with E-state index < -0.39 is 17.3 Å². The molecule has 1 aliphatic heterocycles. The Morgan fingerprint density at radius 3 is 1.95 bits per heavy atom. The van der Waals surface area contributed by atoms with Crippen molar-refractivity contribution in [2.45, 2.75) is 65.2 Å². The highest BCUT2D eigenvalue weighted by Crippen LogP contribution is 2.51. The summed E-state index contributed by atoms with van der Waals surface area (Å²) in [6, 6.07) is 0. The van der Waals surface area contributed by atoms with Crippen LogP contribution < -0.4 is 0 Å². The fourth-order valence-corrected chi connectivity index (χ4v) is 3.30. The molecule has 120 valence electrons. The van der Waals surface area contributed by atoms with Gasteiger partial charge in [-0.15, -0.1) is 0 Å². The molecule has 5 heteroatoms. The maximum atomic E-state index is 14.1. The molecule has 1 unspecified atom stereocenters. The summed E-state index contributed by atoms with van der Waals surface area (Å²) >= 11 is 0. The predicted octanol–water partition coefficient (Wildman–Crippen LogP) is 4.82. The molecule has 1 heterocycles. The Morgan fingerprint density at radius 2 is 1.60 bits per heavy atom. The highest BCUT2D eigenvalue weighted by Gasteiger charge is 2.54. The molecule has 1 aliphatic rings. The SMILES string of the molecule is CCC(C)C1(C(C)(F)F)CCN(CC(F)(F)CC)CC1. The van der Waals surface area contributed by atoms with Gasteiger partial charge in [0, 0.05) is 11.8 Å². The van der Waals surface area contributed by atoms with Crippen molar-refractivity contribution in [3.8, 4) is 0 Å². The lowest BCUT2D eigenvalue weighted by Crippen LogP contribution is -2.53. The van der Waals surface area contributed by atoms with Crippen LogP contribution in [0.3, 0.4) is 0 Å².